The Hall–Kier alpha value is -0.120. The van der Waals surface area contributed by atoms with E-state index < -0.39 is 0 Å². The van der Waals surface area contributed by atoms with Crippen molar-refractivity contribution in [2.45, 2.75) is 27.2 Å². The molecule has 0 radical (unpaired) electrons. The lowest BCUT2D eigenvalue weighted by molar-refractivity contribution is 0.151. The number of rotatable bonds is 9. The maximum Gasteiger partial charge on any atom is 0.0467 e. The molecule has 0 bridgehead atoms. The molecule has 0 saturated heterocycles. The van der Waals surface area contributed by atoms with Gasteiger partial charge in [0.05, 0.1) is 0 Å². The number of hydrogen-bond donors (Lipinski definition) is 2. The van der Waals surface area contributed by atoms with Crippen molar-refractivity contribution in [2.75, 3.05) is 39.9 Å². The fourth-order valence-electron chi connectivity index (χ4n) is 1.25. The lowest BCUT2D eigenvalue weighted by Gasteiger charge is -2.24. The first-order chi connectivity index (χ1) is 6.62. The van der Waals surface area contributed by atoms with Gasteiger partial charge in [-0.05, 0) is 18.4 Å². The third kappa shape index (κ3) is 8.48. The Labute approximate surface area is 88.6 Å². The highest BCUT2D eigenvalue weighted by atomic mass is 16.5. The van der Waals surface area contributed by atoms with Gasteiger partial charge < -0.3 is 15.4 Å². The van der Waals surface area contributed by atoms with Gasteiger partial charge in [-0.25, -0.2) is 0 Å². The second-order valence-corrected chi connectivity index (χ2v) is 4.44. The Balaban J connectivity index is 3.35. The maximum absolute atomic E-state index is 5.08. The predicted octanol–water partition coefficient (Wildman–Crippen LogP) is 1.25. The fraction of sp³-hybridized carbons (Fsp3) is 1.00. The van der Waals surface area contributed by atoms with E-state index in [-0.39, 0.29) is 0 Å². The third-order valence-electron chi connectivity index (χ3n) is 2.32. The van der Waals surface area contributed by atoms with Crippen molar-refractivity contribution in [1.29, 1.82) is 0 Å². The minimum atomic E-state index is 0.336. The molecule has 0 aliphatic rings. The summed E-state index contributed by atoms with van der Waals surface area (Å²) in [5.74, 6) is 0. The van der Waals surface area contributed by atoms with Crippen LogP contribution in [0.3, 0.4) is 0 Å². The van der Waals surface area contributed by atoms with E-state index in [0.717, 1.165) is 39.2 Å². The van der Waals surface area contributed by atoms with E-state index in [1.807, 2.05) is 0 Å². The summed E-state index contributed by atoms with van der Waals surface area (Å²) >= 11 is 0. The lowest BCUT2D eigenvalue weighted by Crippen LogP contribution is -2.34. The van der Waals surface area contributed by atoms with Crippen LogP contribution in [0.2, 0.25) is 0 Å². The quantitative estimate of drug-likeness (QED) is 0.552. The van der Waals surface area contributed by atoms with Crippen molar-refractivity contribution >= 4 is 0 Å². The Morgan fingerprint density at radius 1 is 1.14 bits per heavy atom. The molecule has 0 saturated carbocycles. The summed E-state index contributed by atoms with van der Waals surface area (Å²) in [6, 6.07) is 0. The summed E-state index contributed by atoms with van der Waals surface area (Å²) in [7, 11) is 1.76. The van der Waals surface area contributed by atoms with Gasteiger partial charge in [0.25, 0.3) is 0 Å². The van der Waals surface area contributed by atoms with Crippen LogP contribution in [-0.4, -0.2) is 39.9 Å². The zero-order valence-corrected chi connectivity index (χ0v) is 10.2. The van der Waals surface area contributed by atoms with E-state index in [4.69, 9.17) is 4.74 Å². The number of ether oxygens (including phenoxy) is 1. The molecule has 3 nitrogen and oxygen atoms in total. The topological polar surface area (TPSA) is 33.3 Å². The van der Waals surface area contributed by atoms with Crippen LogP contribution in [0.15, 0.2) is 0 Å². The van der Waals surface area contributed by atoms with Gasteiger partial charge in [-0.15, -0.1) is 0 Å². The van der Waals surface area contributed by atoms with Crippen LogP contribution in [0.5, 0.6) is 0 Å². The first-order valence-electron chi connectivity index (χ1n) is 5.53. The second-order valence-electron chi connectivity index (χ2n) is 4.44. The smallest absolute Gasteiger partial charge is 0.0467 e. The molecule has 3 heteroatoms. The maximum atomic E-state index is 5.08. The monoisotopic (exact) mass is 202 g/mol. The Morgan fingerprint density at radius 3 is 2.36 bits per heavy atom. The summed E-state index contributed by atoms with van der Waals surface area (Å²) in [6.45, 7) is 11.7. The van der Waals surface area contributed by atoms with Gasteiger partial charge in [0, 0.05) is 33.4 Å². The molecule has 0 heterocycles. The van der Waals surface area contributed by atoms with E-state index in [9.17, 15) is 0 Å². The van der Waals surface area contributed by atoms with Crippen LogP contribution in [0.4, 0.5) is 0 Å². The van der Waals surface area contributed by atoms with E-state index in [0.29, 0.717) is 5.41 Å². The molecule has 86 valence electrons. The van der Waals surface area contributed by atoms with Gasteiger partial charge in [0.1, 0.15) is 0 Å². The normalized spacial score (nSPS) is 12.0. The zero-order valence-electron chi connectivity index (χ0n) is 10.2. The van der Waals surface area contributed by atoms with Gasteiger partial charge in [-0.2, -0.15) is 0 Å². The van der Waals surface area contributed by atoms with E-state index in [1.165, 1.54) is 0 Å². The van der Waals surface area contributed by atoms with Crippen molar-refractivity contribution < 1.29 is 4.74 Å². The van der Waals surface area contributed by atoms with Gasteiger partial charge in [0.2, 0.25) is 0 Å². The molecule has 0 fully saturated rings. The third-order valence-corrected chi connectivity index (χ3v) is 2.32. The minimum absolute atomic E-state index is 0.336. The van der Waals surface area contributed by atoms with Crippen molar-refractivity contribution in [3.63, 3.8) is 0 Å². The number of nitrogens with one attached hydrogen (secondary N) is 2. The average molecular weight is 202 g/mol. The summed E-state index contributed by atoms with van der Waals surface area (Å²) in [5.41, 5.74) is 0.336. The minimum Gasteiger partial charge on any atom is -0.385 e. The molecular formula is C11H26N2O. The summed E-state index contributed by atoms with van der Waals surface area (Å²) < 4.78 is 5.08. The molecule has 0 spiro atoms. The highest BCUT2D eigenvalue weighted by molar-refractivity contribution is 4.71. The number of hydrogen-bond acceptors (Lipinski definition) is 3. The molecule has 0 amide bonds. The van der Waals surface area contributed by atoms with Crippen molar-refractivity contribution in [3.8, 4) is 0 Å². The Bertz CT molecular complexity index is 126. The summed E-state index contributed by atoms with van der Waals surface area (Å²) in [4.78, 5) is 0. The van der Waals surface area contributed by atoms with Crippen LogP contribution in [0, 0.1) is 5.41 Å². The molecule has 0 unspecified atom stereocenters. The van der Waals surface area contributed by atoms with Gasteiger partial charge >= 0.3 is 0 Å². The van der Waals surface area contributed by atoms with Crippen molar-refractivity contribution in [2.24, 2.45) is 5.41 Å². The lowest BCUT2D eigenvalue weighted by atomic mass is 9.90. The van der Waals surface area contributed by atoms with Crippen LogP contribution in [0.25, 0.3) is 0 Å². The highest BCUT2D eigenvalue weighted by Gasteiger charge is 2.16. The second kappa shape index (κ2) is 8.21. The molecule has 2 N–H and O–H groups in total. The van der Waals surface area contributed by atoms with Gasteiger partial charge in [-0.3, -0.25) is 0 Å². The molecule has 0 aliphatic heterocycles. The van der Waals surface area contributed by atoms with Crippen LogP contribution in [0.1, 0.15) is 27.2 Å². The Kier molecular flexibility index (Phi) is 8.14. The van der Waals surface area contributed by atoms with Gasteiger partial charge in [-0.1, -0.05) is 20.8 Å². The molecule has 0 atom stereocenters. The molecule has 0 aromatic heterocycles. The number of likely N-dealkylation sites (N-methyl/N-ethyl adjacent to an activating group) is 1. The standard InChI is InChI=1S/C11H26N2O/c1-5-12-7-8-13-10-11(2,3)6-9-14-4/h12-13H,5-10H2,1-4H3. The van der Waals surface area contributed by atoms with Crippen LogP contribution in [-0.2, 0) is 4.74 Å². The van der Waals surface area contributed by atoms with E-state index in [2.05, 4.69) is 31.4 Å². The number of methoxy groups -OCH3 is 1. The molecule has 0 aliphatic carbocycles. The predicted molar refractivity (Wildman–Crippen MR) is 61.7 cm³/mol. The van der Waals surface area contributed by atoms with E-state index >= 15 is 0 Å². The Morgan fingerprint density at radius 2 is 1.79 bits per heavy atom. The van der Waals surface area contributed by atoms with Crippen LogP contribution >= 0.6 is 0 Å². The molecule has 0 aromatic carbocycles. The van der Waals surface area contributed by atoms with Crippen LogP contribution < -0.4 is 10.6 Å². The molecular weight excluding hydrogens is 176 g/mol. The summed E-state index contributed by atoms with van der Waals surface area (Å²) in [5, 5.41) is 6.74. The van der Waals surface area contributed by atoms with E-state index in [1.54, 1.807) is 7.11 Å². The van der Waals surface area contributed by atoms with Gasteiger partial charge in [0.15, 0.2) is 0 Å². The van der Waals surface area contributed by atoms with Crippen molar-refractivity contribution in [1.82, 2.24) is 10.6 Å². The highest BCUT2D eigenvalue weighted by Crippen LogP contribution is 2.18. The zero-order chi connectivity index (χ0) is 10.9. The fourth-order valence-corrected chi connectivity index (χ4v) is 1.25. The SMILES string of the molecule is CCNCCNCC(C)(C)CCOC. The molecule has 14 heavy (non-hydrogen) atoms. The molecule has 0 aromatic rings. The molecule has 0 rings (SSSR count). The average Bonchev–Trinajstić information content (AvgIpc) is 2.15. The first kappa shape index (κ1) is 13.9. The largest absolute Gasteiger partial charge is 0.385 e. The summed E-state index contributed by atoms with van der Waals surface area (Å²) in [6.07, 6.45) is 1.11. The first-order valence-corrected chi connectivity index (χ1v) is 5.53. The van der Waals surface area contributed by atoms with Crippen molar-refractivity contribution in [3.05, 3.63) is 0 Å².